The molecule has 3 aromatic carbocycles. The quantitative estimate of drug-likeness (QED) is 0.502. The molecule has 0 saturated carbocycles. The maximum atomic E-state index is 13.3. The van der Waals surface area contributed by atoms with Crippen LogP contribution in [0.4, 0.5) is 16.2 Å². The van der Waals surface area contributed by atoms with Gasteiger partial charge in [0, 0.05) is 23.1 Å². The third-order valence-corrected chi connectivity index (χ3v) is 5.20. The first kappa shape index (κ1) is 19.6. The number of hydrogen-bond donors (Lipinski definition) is 1. The highest BCUT2D eigenvalue weighted by atomic mass is 16.6. The van der Waals surface area contributed by atoms with E-state index in [-0.39, 0.29) is 12.0 Å². The SMILES string of the molecule is O=C(Nc1cccc(N2CCOC2=O)c1)c1cn(-c2ccccc2)nc1-c1ccccc1. The van der Waals surface area contributed by atoms with E-state index in [0.717, 1.165) is 11.3 Å². The van der Waals surface area contributed by atoms with E-state index in [9.17, 15) is 9.59 Å². The average Bonchev–Trinajstić information content (AvgIpc) is 3.47. The number of amides is 2. The molecule has 2 heterocycles. The summed E-state index contributed by atoms with van der Waals surface area (Å²) >= 11 is 0. The van der Waals surface area contributed by atoms with E-state index in [0.29, 0.717) is 35.8 Å². The lowest BCUT2D eigenvalue weighted by atomic mass is 10.1. The molecule has 32 heavy (non-hydrogen) atoms. The number of hydrogen-bond acceptors (Lipinski definition) is 4. The highest BCUT2D eigenvalue weighted by molar-refractivity contribution is 6.08. The molecule has 7 nitrogen and oxygen atoms in total. The maximum Gasteiger partial charge on any atom is 0.414 e. The van der Waals surface area contributed by atoms with Crippen molar-refractivity contribution in [1.82, 2.24) is 9.78 Å². The number of carbonyl (C=O) groups is 2. The van der Waals surface area contributed by atoms with Crippen LogP contribution in [0.25, 0.3) is 16.9 Å². The average molecular weight is 424 g/mol. The fraction of sp³-hybridized carbons (Fsp3) is 0.0800. The Hall–Kier alpha value is -4.39. The number of para-hydroxylation sites is 1. The minimum atomic E-state index is -0.385. The van der Waals surface area contributed by atoms with Gasteiger partial charge < -0.3 is 10.1 Å². The molecule has 1 N–H and O–H groups in total. The van der Waals surface area contributed by atoms with Crippen molar-refractivity contribution >= 4 is 23.4 Å². The molecule has 1 aliphatic heterocycles. The summed E-state index contributed by atoms with van der Waals surface area (Å²) in [6.07, 6.45) is 1.35. The first-order chi connectivity index (χ1) is 15.7. The minimum absolute atomic E-state index is 0.285. The minimum Gasteiger partial charge on any atom is -0.447 e. The normalized spacial score (nSPS) is 13.1. The van der Waals surface area contributed by atoms with Gasteiger partial charge in [0.25, 0.3) is 5.91 Å². The van der Waals surface area contributed by atoms with Crippen molar-refractivity contribution in [2.24, 2.45) is 0 Å². The van der Waals surface area contributed by atoms with Crippen LogP contribution < -0.4 is 10.2 Å². The molecule has 1 saturated heterocycles. The van der Waals surface area contributed by atoms with Gasteiger partial charge in [0.2, 0.25) is 0 Å². The van der Waals surface area contributed by atoms with Gasteiger partial charge in [-0.05, 0) is 30.3 Å². The molecule has 1 aliphatic rings. The summed E-state index contributed by atoms with van der Waals surface area (Å²) in [6.45, 7) is 0.840. The van der Waals surface area contributed by atoms with E-state index in [1.165, 1.54) is 0 Å². The van der Waals surface area contributed by atoms with Crippen molar-refractivity contribution in [3.05, 3.63) is 96.7 Å². The van der Waals surface area contributed by atoms with Gasteiger partial charge in [-0.15, -0.1) is 0 Å². The van der Waals surface area contributed by atoms with Gasteiger partial charge >= 0.3 is 6.09 Å². The van der Waals surface area contributed by atoms with E-state index in [4.69, 9.17) is 9.84 Å². The van der Waals surface area contributed by atoms with Crippen LogP contribution in [-0.4, -0.2) is 34.9 Å². The van der Waals surface area contributed by atoms with Crippen molar-refractivity contribution in [3.8, 4) is 16.9 Å². The van der Waals surface area contributed by atoms with Crippen LogP contribution >= 0.6 is 0 Å². The fourth-order valence-corrected chi connectivity index (χ4v) is 3.64. The number of nitrogens with one attached hydrogen (secondary N) is 1. The number of carbonyl (C=O) groups excluding carboxylic acids is 2. The first-order valence-electron chi connectivity index (χ1n) is 10.3. The smallest absolute Gasteiger partial charge is 0.414 e. The number of rotatable bonds is 5. The molecule has 1 aromatic heterocycles. The van der Waals surface area contributed by atoms with Crippen LogP contribution in [0, 0.1) is 0 Å². The Labute approximate surface area is 184 Å². The van der Waals surface area contributed by atoms with E-state index in [1.54, 1.807) is 34.0 Å². The van der Waals surface area contributed by atoms with E-state index in [2.05, 4.69) is 5.32 Å². The molecule has 0 bridgehead atoms. The Bertz CT molecular complexity index is 1270. The summed E-state index contributed by atoms with van der Waals surface area (Å²) < 4.78 is 6.71. The molecule has 4 aromatic rings. The zero-order valence-corrected chi connectivity index (χ0v) is 17.1. The van der Waals surface area contributed by atoms with Gasteiger partial charge in [0.1, 0.15) is 12.3 Å². The molecule has 0 unspecified atom stereocenters. The predicted octanol–water partition coefficient (Wildman–Crippen LogP) is 4.75. The molecule has 0 atom stereocenters. The fourth-order valence-electron chi connectivity index (χ4n) is 3.64. The Morgan fingerprint density at radius 2 is 1.62 bits per heavy atom. The standard InChI is InChI=1S/C25H20N4O3/c30-24(26-19-10-7-13-21(16-19)28-14-15-32-25(28)31)22-17-29(20-11-5-2-6-12-20)27-23(22)18-8-3-1-4-9-18/h1-13,16-17H,14-15H2,(H,26,30). The Morgan fingerprint density at radius 3 is 2.34 bits per heavy atom. The third kappa shape index (κ3) is 3.83. The first-order valence-corrected chi connectivity index (χ1v) is 10.3. The topological polar surface area (TPSA) is 76.5 Å². The summed E-state index contributed by atoms with van der Waals surface area (Å²) in [4.78, 5) is 26.7. The summed E-state index contributed by atoms with van der Waals surface area (Å²) in [6, 6.07) is 26.4. The summed E-state index contributed by atoms with van der Waals surface area (Å²) in [5.41, 5.74) is 4.00. The van der Waals surface area contributed by atoms with Crippen LogP contribution in [0.15, 0.2) is 91.1 Å². The molecule has 5 rings (SSSR count). The molecule has 2 amide bonds. The number of ether oxygens (including phenoxy) is 1. The van der Waals surface area contributed by atoms with Crippen molar-refractivity contribution in [3.63, 3.8) is 0 Å². The highest BCUT2D eigenvalue weighted by Crippen LogP contribution is 2.26. The predicted molar refractivity (Wildman–Crippen MR) is 122 cm³/mol. The number of anilines is 2. The lowest BCUT2D eigenvalue weighted by Crippen LogP contribution is -2.23. The van der Waals surface area contributed by atoms with Crippen LogP contribution in [0.5, 0.6) is 0 Å². The molecule has 0 spiro atoms. The van der Waals surface area contributed by atoms with Crippen LogP contribution in [0.1, 0.15) is 10.4 Å². The van der Waals surface area contributed by atoms with Crippen molar-refractivity contribution in [2.45, 2.75) is 0 Å². The zero-order valence-electron chi connectivity index (χ0n) is 17.1. The monoisotopic (exact) mass is 424 g/mol. The van der Waals surface area contributed by atoms with Gasteiger partial charge in [-0.3, -0.25) is 9.69 Å². The maximum absolute atomic E-state index is 13.3. The molecule has 1 fully saturated rings. The number of benzene rings is 3. The van der Waals surface area contributed by atoms with Gasteiger partial charge in [-0.25, -0.2) is 9.48 Å². The lowest BCUT2D eigenvalue weighted by molar-refractivity contribution is 0.102. The molecular weight excluding hydrogens is 404 g/mol. The second kappa shape index (κ2) is 8.39. The Morgan fingerprint density at radius 1 is 0.906 bits per heavy atom. The summed E-state index contributed by atoms with van der Waals surface area (Å²) in [7, 11) is 0. The lowest BCUT2D eigenvalue weighted by Gasteiger charge is -2.14. The molecule has 158 valence electrons. The number of aromatic nitrogens is 2. The van der Waals surface area contributed by atoms with E-state index < -0.39 is 0 Å². The molecule has 0 aliphatic carbocycles. The molecule has 7 heteroatoms. The van der Waals surface area contributed by atoms with E-state index >= 15 is 0 Å². The van der Waals surface area contributed by atoms with Crippen LogP contribution in [-0.2, 0) is 4.74 Å². The molecular formula is C25H20N4O3. The highest BCUT2D eigenvalue weighted by Gasteiger charge is 2.24. The summed E-state index contributed by atoms with van der Waals surface area (Å²) in [5, 5.41) is 7.63. The molecule has 0 radical (unpaired) electrons. The van der Waals surface area contributed by atoms with Crippen LogP contribution in [0.2, 0.25) is 0 Å². The number of cyclic esters (lactones) is 1. The summed E-state index contributed by atoms with van der Waals surface area (Å²) in [5.74, 6) is -0.285. The van der Waals surface area contributed by atoms with Gasteiger partial charge in [-0.1, -0.05) is 54.6 Å². The van der Waals surface area contributed by atoms with Gasteiger partial charge in [0.05, 0.1) is 17.8 Å². The van der Waals surface area contributed by atoms with Crippen molar-refractivity contribution in [2.75, 3.05) is 23.4 Å². The van der Waals surface area contributed by atoms with Crippen LogP contribution in [0.3, 0.4) is 0 Å². The van der Waals surface area contributed by atoms with Crippen molar-refractivity contribution in [1.29, 1.82) is 0 Å². The third-order valence-electron chi connectivity index (χ3n) is 5.20. The van der Waals surface area contributed by atoms with E-state index in [1.807, 2.05) is 66.7 Å². The second-order valence-electron chi connectivity index (χ2n) is 7.31. The Balaban J connectivity index is 1.48. The van der Waals surface area contributed by atoms with Crippen molar-refractivity contribution < 1.29 is 14.3 Å². The Kier molecular flexibility index (Phi) is 5.13. The van der Waals surface area contributed by atoms with Gasteiger partial charge in [-0.2, -0.15) is 5.10 Å². The number of nitrogens with zero attached hydrogens (tertiary/aromatic N) is 3. The largest absolute Gasteiger partial charge is 0.447 e. The zero-order chi connectivity index (χ0) is 21.9. The second-order valence-corrected chi connectivity index (χ2v) is 7.31. The van der Waals surface area contributed by atoms with Gasteiger partial charge in [0.15, 0.2) is 0 Å².